The van der Waals surface area contributed by atoms with Crippen molar-refractivity contribution in [2.75, 3.05) is 6.54 Å². The fraction of sp³-hybridized carbons (Fsp3) is 0.846. The van der Waals surface area contributed by atoms with Crippen LogP contribution in [0.25, 0.3) is 0 Å². The molecule has 5 heteroatoms. The van der Waals surface area contributed by atoms with E-state index in [1.165, 1.54) is 0 Å². The number of nitrogens with one attached hydrogen (secondary N) is 1. The third kappa shape index (κ3) is 2.44. The van der Waals surface area contributed by atoms with E-state index in [0.717, 1.165) is 19.3 Å². The quantitative estimate of drug-likeness (QED) is 0.802. The van der Waals surface area contributed by atoms with Crippen LogP contribution in [-0.2, 0) is 4.79 Å². The average molecular weight is 254 g/mol. The Hall–Kier alpha value is -1.26. The van der Waals surface area contributed by atoms with Gasteiger partial charge in [0.2, 0.25) is 0 Å². The molecule has 0 spiro atoms. The second kappa shape index (κ2) is 5.16. The van der Waals surface area contributed by atoms with Gasteiger partial charge in [-0.05, 0) is 31.6 Å². The average Bonchev–Trinajstić information content (AvgIpc) is 2.85. The molecule has 2 heterocycles. The van der Waals surface area contributed by atoms with Crippen molar-refractivity contribution >= 4 is 12.0 Å². The zero-order valence-electron chi connectivity index (χ0n) is 11.1. The minimum atomic E-state index is -0.762. The minimum absolute atomic E-state index is 0.0769. The SMILES string of the molecule is CC(C)CCNC(=O)N1C2CCC1C(C(=O)O)C2. The summed E-state index contributed by atoms with van der Waals surface area (Å²) < 4.78 is 0. The van der Waals surface area contributed by atoms with Crippen molar-refractivity contribution in [2.45, 2.75) is 51.6 Å². The highest BCUT2D eigenvalue weighted by atomic mass is 16.4. The van der Waals surface area contributed by atoms with Gasteiger partial charge < -0.3 is 15.3 Å². The van der Waals surface area contributed by atoms with Crippen molar-refractivity contribution in [2.24, 2.45) is 11.8 Å². The molecule has 2 aliphatic rings. The molecule has 0 aromatic rings. The van der Waals surface area contributed by atoms with Gasteiger partial charge in [-0.25, -0.2) is 4.79 Å². The summed E-state index contributed by atoms with van der Waals surface area (Å²) in [6, 6.07) is -0.0337. The van der Waals surface area contributed by atoms with Gasteiger partial charge in [0.25, 0.3) is 0 Å². The largest absolute Gasteiger partial charge is 0.481 e. The summed E-state index contributed by atoms with van der Waals surface area (Å²) in [4.78, 5) is 25.0. The lowest BCUT2D eigenvalue weighted by molar-refractivity contribution is -0.142. The number of carbonyl (C=O) groups excluding carboxylic acids is 1. The smallest absolute Gasteiger partial charge is 0.317 e. The van der Waals surface area contributed by atoms with E-state index in [2.05, 4.69) is 19.2 Å². The summed E-state index contributed by atoms with van der Waals surface area (Å²) in [7, 11) is 0. The van der Waals surface area contributed by atoms with Crippen molar-refractivity contribution in [3.05, 3.63) is 0 Å². The number of amides is 2. The fourth-order valence-electron chi connectivity index (χ4n) is 3.13. The lowest BCUT2D eigenvalue weighted by atomic mass is 9.89. The molecule has 5 nitrogen and oxygen atoms in total. The molecular formula is C13H22N2O3. The number of carbonyl (C=O) groups is 2. The molecule has 0 saturated carbocycles. The molecule has 3 unspecified atom stereocenters. The van der Waals surface area contributed by atoms with Crippen LogP contribution >= 0.6 is 0 Å². The molecule has 0 aromatic carbocycles. The maximum Gasteiger partial charge on any atom is 0.317 e. The topological polar surface area (TPSA) is 69.6 Å². The monoisotopic (exact) mass is 254 g/mol. The Balaban J connectivity index is 1.90. The molecule has 2 fully saturated rings. The first-order valence-electron chi connectivity index (χ1n) is 6.79. The molecule has 0 aliphatic carbocycles. The van der Waals surface area contributed by atoms with E-state index in [0.29, 0.717) is 18.9 Å². The number of urea groups is 1. The van der Waals surface area contributed by atoms with Crippen LogP contribution in [0.1, 0.15) is 39.5 Å². The number of hydrogen-bond donors (Lipinski definition) is 2. The van der Waals surface area contributed by atoms with E-state index in [9.17, 15) is 9.59 Å². The molecule has 18 heavy (non-hydrogen) atoms. The molecular weight excluding hydrogens is 232 g/mol. The van der Waals surface area contributed by atoms with E-state index in [-0.39, 0.29) is 24.0 Å². The highest BCUT2D eigenvalue weighted by Gasteiger charge is 2.51. The number of fused-ring (bicyclic) bond motifs is 2. The standard InChI is InChI=1S/C13H22N2O3/c1-8(2)5-6-14-13(18)15-9-3-4-11(15)10(7-9)12(16)17/h8-11H,3-7H2,1-2H3,(H,14,18)(H,16,17). The normalized spacial score (nSPS) is 29.9. The van der Waals surface area contributed by atoms with Crippen LogP contribution < -0.4 is 5.32 Å². The zero-order valence-corrected chi connectivity index (χ0v) is 11.1. The van der Waals surface area contributed by atoms with E-state index in [1.54, 1.807) is 4.90 Å². The van der Waals surface area contributed by atoms with Crippen LogP contribution in [0.15, 0.2) is 0 Å². The lowest BCUT2D eigenvalue weighted by Crippen LogP contribution is -2.44. The van der Waals surface area contributed by atoms with Crippen LogP contribution in [0.2, 0.25) is 0 Å². The van der Waals surface area contributed by atoms with Gasteiger partial charge >= 0.3 is 12.0 Å². The molecule has 2 saturated heterocycles. The summed E-state index contributed by atoms with van der Waals surface area (Å²) in [5, 5.41) is 12.0. The third-order valence-corrected chi connectivity index (χ3v) is 4.09. The first-order chi connectivity index (χ1) is 8.50. The second-order valence-corrected chi connectivity index (χ2v) is 5.80. The molecule has 0 aromatic heterocycles. The summed E-state index contributed by atoms with van der Waals surface area (Å²) in [5.41, 5.74) is 0. The number of carboxylic acid groups (broad SMARTS) is 1. The van der Waals surface area contributed by atoms with Crippen LogP contribution in [0.5, 0.6) is 0 Å². The van der Waals surface area contributed by atoms with Crippen LogP contribution in [-0.4, -0.2) is 40.6 Å². The summed E-state index contributed by atoms with van der Waals surface area (Å²) in [6.45, 7) is 4.91. The number of rotatable bonds is 4. The van der Waals surface area contributed by atoms with Crippen molar-refractivity contribution in [3.63, 3.8) is 0 Å². The predicted molar refractivity (Wildman–Crippen MR) is 67.2 cm³/mol. The molecule has 2 N–H and O–H groups in total. The van der Waals surface area contributed by atoms with Crippen LogP contribution in [0.3, 0.4) is 0 Å². The molecule has 2 amide bonds. The minimum Gasteiger partial charge on any atom is -0.481 e. The van der Waals surface area contributed by atoms with Gasteiger partial charge in [0, 0.05) is 18.6 Å². The Kier molecular flexibility index (Phi) is 3.78. The Morgan fingerprint density at radius 2 is 2.11 bits per heavy atom. The van der Waals surface area contributed by atoms with E-state index < -0.39 is 5.97 Å². The van der Waals surface area contributed by atoms with Crippen LogP contribution in [0, 0.1) is 11.8 Å². The van der Waals surface area contributed by atoms with E-state index >= 15 is 0 Å². The number of carboxylic acids is 1. The second-order valence-electron chi connectivity index (χ2n) is 5.80. The van der Waals surface area contributed by atoms with Gasteiger partial charge in [-0.2, -0.15) is 0 Å². The van der Waals surface area contributed by atoms with Crippen molar-refractivity contribution < 1.29 is 14.7 Å². The molecule has 2 aliphatic heterocycles. The molecule has 2 rings (SSSR count). The highest BCUT2D eigenvalue weighted by Crippen LogP contribution is 2.41. The molecule has 0 radical (unpaired) electrons. The number of nitrogens with zero attached hydrogens (tertiary/aromatic N) is 1. The summed E-state index contributed by atoms with van der Waals surface area (Å²) >= 11 is 0. The third-order valence-electron chi connectivity index (χ3n) is 4.09. The van der Waals surface area contributed by atoms with Gasteiger partial charge in [0.05, 0.1) is 5.92 Å². The lowest BCUT2D eigenvalue weighted by Gasteiger charge is -2.23. The first kappa shape index (κ1) is 13.2. The molecule has 3 atom stereocenters. The maximum atomic E-state index is 12.1. The van der Waals surface area contributed by atoms with Gasteiger partial charge in [-0.1, -0.05) is 13.8 Å². The Labute approximate surface area is 108 Å². The fourth-order valence-corrected chi connectivity index (χ4v) is 3.13. The van der Waals surface area contributed by atoms with Gasteiger partial charge in [-0.15, -0.1) is 0 Å². The Morgan fingerprint density at radius 1 is 1.39 bits per heavy atom. The zero-order chi connectivity index (χ0) is 13.3. The highest BCUT2D eigenvalue weighted by molar-refractivity contribution is 5.79. The van der Waals surface area contributed by atoms with E-state index in [4.69, 9.17) is 5.11 Å². The first-order valence-corrected chi connectivity index (χ1v) is 6.79. The Morgan fingerprint density at radius 3 is 2.67 bits per heavy atom. The molecule has 102 valence electrons. The summed E-state index contributed by atoms with van der Waals surface area (Å²) in [6.07, 6.45) is 3.36. The predicted octanol–water partition coefficient (Wildman–Crippen LogP) is 1.68. The maximum absolute atomic E-state index is 12.1. The van der Waals surface area contributed by atoms with Gasteiger partial charge in [0.15, 0.2) is 0 Å². The van der Waals surface area contributed by atoms with Crippen molar-refractivity contribution in [3.8, 4) is 0 Å². The van der Waals surface area contributed by atoms with Crippen LogP contribution in [0.4, 0.5) is 4.79 Å². The molecule has 2 bridgehead atoms. The Bertz CT molecular complexity index is 343. The van der Waals surface area contributed by atoms with E-state index in [1.807, 2.05) is 0 Å². The van der Waals surface area contributed by atoms with Crippen molar-refractivity contribution in [1.82, 2.24) is 10.2 Å². The number of aliphatic carboxylic acids is 1. The summed E-state index contributed by atoms with van der Waals surface area (Å²) in [5.74, 6) is -0.561. The number of hydrogen-bond acceptors (Lipinski definition) is 2. The van der Waals surface area contributed by atoms with Gasteiger partial charge in [0.1, 0.15) is 0 Å². The van der Waals surface area contributed by atoms with Gasteiger partial charge in [-0.3, -0.25) is 4.79 Å². The van der Waals surface area contributed by atoms with Crippen molar-refractivity contribution in [1.29, 1.82) is 0 Å².